The number of piperidine rings is 1. The van der Waals surface area contributed by atoms with Crippen molar-refractivity contribution in [1.82, 2.24) is 14.4 Å². The lowest BCUT2D eigenvalue weighted by Gasteiger charge is -2.30. The van der Waals surface area contributed by atoms with Gasteiger partial charge in [0.25, 0.3) is 0 Å². The molecule has 0 N–H and O–H groups in total. The van der Waals surface area contributed by atoms with Gasteiger partial charge in [-0.25, -0.2) is 8.42 Å². The van der Waals surface area contributed by atoms with Gasteiger partial charge in [-0.15, -0.1) is 0 Å². The van der Waals surface area contributed by atoms with Crippen molar-refractivity contribution < 1.29 is 17.4 Å². The summed E-state index contributed by atoms with van der Waals surface area (Å²) < 4.78 is 38.9. The minimum absolute atomic E-state index is 0.0271. The van der Waals surface area contributed by atoms with E-state index in [1.165, 1.54) is 4.31 Å². The van der Waals surface area contributed by atoms with Crippen molar-refractivity contribution in [2.24, 2.45) is 0 Å². The van der Waals surface area contributed by atoms with Gasteiger partial charge < -0.3 is 8.94 Å². The van der Waals surface area contributed by atoms with Gasteiger partial charge in [0.05, 0.1) is 10.8 Å². The number of hydrogen-bond donors (Lipinski definition) is 0. The van der Waals surface area contributed by atoms with E-state index in [2.05, 4.69) is 30.9 Å². The molecule has 3 aromatic rings. The van der Waals surface area contributed by atoms with Crippen LogP contribution in [0.25, 0.3) is 11.6 Å². The molecule has 7 nitrogen and oxygen atoms in total. The fraction of sp³-hybridized carbons (Fsp3) is 0.455. The number of aryl methyl sites for hydroxylation is 1. The zero-order chi connectivity index (χ0) is 21.5. The normalized spacial score (nSPS) is 18.6. The molecular weight excluding hydrogens is 402 g/mol. The number of nitrogens with zero attached hydrogens (tertiary/aromatic N) is 3. The maximum absolute atomic E-state index is 13.2. The molecule has 0 spiro atoms. The number of benzene rings is 1. The van der Waals surface area contributed by atoms with Crippen molar-refractivity contribution in [3.63, 3.8) is 0 Å². The molecule has 1 saturated heterocycles. The van der Waals surface area contributed by atoms with Gasteiger partial charge in [0, 0.05) is 13.1 Å². The summed E-state index contributed by atoms with van der Waals surface area (Å²) in [5.41, 5.74) is 1.07. The first-order valence-electron chi connectivity index (χ1n) is 10.2. The molecule has 1 aliphatic rings. The smallest absolute Gasteiger partial charge is 0.243 e. The van der Waals surface area contributed by atoms with E-state index < -0.39 is 10.0 Å². The largest absolute Gasteiger partial charge is 0.458 e. The highest BCUT2D eigenvalue weighted by Gasteiger charge is 2.33. The number of rotatable bonds is 4. The summed E-state index contributed by atoms with van der Waals surface area (Å²) in [4.78, 5) is 4.77. The van der Waals surface area contributed by atoms with E-state index in [4.69, 9.17) is 8.94 Å². The van der Waals surface area contributed by atoms with E-state index in [-0.39, 0.29) is 11.3 Å². The molecule has 1 unspecified atom stereocenters. The first-order chi connectivity index (χ1) is 14.1. The summed E-state index contributed by atoms with van der Waals surface area (Å²) >= 11 is 0. The maximum Gasteiger partial charge on any atom is 0.243 e. The average Bonchev–Trinajstić information content (AvgIpc) is 3.37. The van der Waals surface area contributed by atoms with Crippen molar-refractivity contribution in [2.45, 2.75) is 56.8 Å². The summed E-state index contributed by atoms with van der Waals surface area (Å²) in [6.45, 7) is 8.97. The number of sulfonamides is 1. The van der Waals surface area contributed by atoms with E-state index in [9.17, 15) is 8.42 Å². The highest BCUT2D eigenvalue weighted by molar-refractivity contribution is 7.89. The van der Waals surface area contributed by atoms with Crippen LogP contribution in [0.2, 0.25) is 0 Å². The summed E-state index contributed by atoms with van der Waals surface area (Å²) in [7, 11) is -3.58. The van der Waals surface area contributed by atoms with Crippen LogP contribution in [-0.2, 0) is 15.4 Å². The highest BCUT2D eigenvalue weighted by atomic mass is 32.2. The van der Waals surface area contributed by atoms with Gasteiger partial charge in [-0.2, -0.15) is 9.29 Å². The quantitative estimate of drug-likeness (QED) is 0.606. The Labute approximate surface area is 177 Å². The van der Waals surface area contributed by atoms with Crippen LogP contribution >= 0.6 is 0 Å². The summed E-state index contributed by atoms with van der Waals surface area (Å²) in [6.07, 6.45) is 1.54. The van der Waals surface area contributed by atoms with Crippen LogP contribution in [-0.4, -0.2) is 36.0 Å². The second-order valence-corrected chi connectivity index (χ2v) is 10.8. The van der Waals surface area contributed by atoms with E-state index >= 15 is 0 Å². The number of aromatic nitrogens is 2. The zero-order valence-electron chi connectivity index (χ0n) is 17.8. The van der Waals surface area contributed by atoms with Crippen LogP contribution in [0.4, 0.5) is 0 Å². The number of furan rings is 1. The zero-order valence-corrected chi connectivity index (χ0v) is 18.6. The molecule has 30 heavy (non-hydrogen) atoms. The topological polar surface area (TPSA) is 89.4 Å². The molecule has 1 fully saturated rings. The first-order valence-corrected chi connectivity index (χ1v) is 11.6. The Kier molecular flexibility index (Phi) is 5.32. The molecule has 0 saturated carbocycles. The van der Waals surface area contributed by atoms with Crippen LogP contribution in [0.15, 0.2) is 50.2 Å². The first kappa shape index (κ1) is 20.8. The van der Waals surface area contributed by atoms with Gasteiger partial charge >= 0.3 is 0 Å². The third-order valence-electron chi connectivity index (χ3n) is 5.49. The number of hydrogen-bond acceptors (Lipinski definition) is 6. The van der Waals surface area contributed by atoms with Crippen molar-refractivity contribution in [1.29, 1.82) is 0 Å². The monoisotopic (exact) mass is 429 g/mol. The SMILES string of the molecule is Cc1ccc(-c2noc(C3CCCN(S(=O)(=O)c4ccc(C(C)(C)C)cc4)C3)n2)o1. The third-order valence-corrected chi connectivity index (χ3v) is 7.37. The molecular formula is C22H27N3O4S. The molecule has 2 aromatic heterocycles. The highest BCUT2D eigenvalue weighted by Crippen LogP contribution is 2.31. The van der Waals surface area contributed by atoms with Gasteiger partial charge in [0.1, 0.15) is 5.76 Å². The summed E-state index contributed by atoms with van der Waals surface area (Å²) in [5.74, 6) is 2.00. The average molecular weight is 430 g/mol. The van der Waals surface area contributed by atoms with Crippen molar-refractivity contribution >= 4 is 10.0 Å². The van der Waals surface area contributed by atoms with Crippen molar-refractivity contribution in [3.8, 4) is 11.6 Å². The molecule has 0 bridgehead atoms. The Hall–Kier alpha value is -2.45. The van der Waals surface area contributed by atoms with E-state index in [0.29, 0.717) is 35.5 Å². The minimum Gasteiger partial charge on any atom is -0.458 e. The van der Waals surface area contributed by atoms with Crippen molar-refractivity contribution in [2.75, 3.05) is 13.1 Å². The Balaban J connectivity index is 1.53. The molecule has 0 radical (unpaired) electrons. The van der Waals surface area contributed by atoms with Crippen LogP contribution in [0.3, 0.4) is 0 Å². The standard InChI is InChI=1S/C22H27N3O4S/c1-15-7-12-19(28-15)20-23-21(29-24-20)16-6-5-13-25(14-16)30(26,27)18-10-8-17(9-11-18)22(2,3)4/h7-12,16H,5-6,13-14H2,1-4H3. The van der Waals surface area contributed by atoms with Gasteiger partial charge in [0.2, 0.25) is 21.7 Å². The maximum atomic E-state index is 13.2. The Morgan fingerprint density at radius 3 is 2.47 bits per heavy atom. The van der Waals surface area contributed by atoms with E-state index in [0.717, 1.165) is 24.2 Å². The van der Waals surface area contributed by atoms with Crippen LogP contribution in [0.5, 0.6) is 0 Å². The minimum atomic E-state index is -3.58. The molecule has 1 atom stereocenters. The van der Waals surface area contributed by atoms with E-state index in [1.807, 2.05) is 25.1 Å². The second kappa shape index (κ2) is 7.67. The second-order valence-electron chi connectivity index (χ2n) is 8.84. The molecule has 8 heteroatoms. The van der Waals surface area contributed by atoms with E-state index in [1.54, 1.807) is 18.2 Å². The summed E-state index contributed by atoms with van der Waals surface area (Å²) in [5, 5.41) is 4.01. The lowest BCUT2D eigenvalue weighted by atomic mass is 9.87. The van der Waals surface area contributed by atoms with Crippen LogP contribution in [0.1, 0.15) is 56.7 Å². The lowest BCUT2D eigenvalue weighted by molar-refractivity contribution is 0.265. The molecule has 1 aliphatic heterocycles. The Bertz CT molecular complexity index is 1120. The molecule has 0 aliphatic carbocycles. The van der Waals surface area contributed by atoms with Crippen molar-refractivity contribution in [3.05, 3.63) is 53.6 Å². The predicted octanol–water partition coefficient (Wildman–Crippen LogP) is 4.50. The van der Waals surface area contributed by atoms with Gasteiger partial charge in [-0.05, 0) is 55.0 Å². The molecule has 4 rings (SSSR count). The Morgan fingerprint density at radius 1 is 1.10 bits per heavy atom. The predicted molar refractivity (Wildman–Crippen MR) is 113 cm³/mol. The molecule has 0 amide bonds. The molecule has 3 heterocycles. The van der Waals surface area contributed by atoms with Crippen LogP contribution < -0.4 is 0 Å². The summed E-state index contributed by atoms with van der Waals surface area (Å²) in [6, 6.07) is 10.8. The fourth-order valence-corrected chi connectivity index (χ4v) is 5.22. The third kappa shape index (κ3) is 4.06. The Morgan fingerprint density at radius 2 is 1.83 bits per heavy atom. The van der Waals surface area contributed by atoms with Crippen LogP contribution in [0, 0.1) is 6.92 Å². The molecule has 160 valence electrons. The fourth-order valence-electron chi connectivity index (χ4n) is 3.69. The van der Waals surface area contributed by atoms with Gasteiger partial charge in [-0.1, -0.05) is 38.1 Å². The lowest BCUT2D eigenvalue weighted by Crippen LogP contribution is -2.39. The molecule has 1 aromatic carbocycles. The van der Waals surface area contributed by atoms with Gasteiger partial charge in [-0.3, -0.25) is 0 Å². The van der Waals surface area contributed by atoms with Gasteiger partial charge in [0.15, 0.2) is 5.76 Å².